The van der Waals surface area contributed by atoms with E-state index in [0.29, 0.717) is 19.4 Å². The summed E-state index contributed by atoms with van der Waals surface area (Å²) in [6.45, 7) is 7.93. The van der Waals surface area contributed by atoms with Crippen LogP contribution < -0.4 is 5.32 Å². The lowest BCUT2D eigenvalue weighted by molar-refractivity contribution is -0.153. The van der Waals surface area contributed by atoms with Crippen LogP contribution in [0.1, 0.15) is 37.9 Å². The van der Waals surface area contributed by atoms with E-state index in [4.69, 9.17) is 0 Å². The standard InChI is InChI=1S/C14H21N3O2S/c1-5-11-12(18)16-14(3,4)13(19)17(11)7-6-10-8-20-9(2)15-10/h8,11H,5-7H2,1-4H3,(H,16,18). The Morgan fingerprint density at radius 1 is 1.45 bits per heavy atom. The van der Waals surface area contributed by atoms with E-state index in [1.807, 2.05) is 19.2 Å². The quantitative estimate of drug-likeness (QED) is 0.916. The molecule has 110 valence electrons. The number of piperazine rings is 1. The van der Waals surface area contributed by atoms with Gasteiger partial charge in [-0.1, -0.05) is 6.92 Å². The highest BCUT2D eigenvalue weighted by Crippen LogP contribution is 2.20. The molecule has 1 aromatic rings. The van der Waals surface area contributed by atoms with Gasteiger partial charge in [-0.05, 0) is 27.2 Å². The first-order valence-electron chi connectivity index (χ1n) is 6.89. The fraction of sp³-hybridized carbons (Fsp3) is 0.643. The second-order valence-electron chi connectivity index (χ2n) is 5.64. The van der Waals surface area contributed by atoms with Gasteiger partial charge in [-0.25, -0.2) is 4.98 Å². The number of nitrogens with zero attached hydrogens (tertiary/aromatic N) is 2. The van der Waals surface area contributed by atoms with Crippen molar-refractivity contribution < 1.29 is 9.59 Å². The van der Waals surface area contributed by atoms with Crippen LogP contribution in [-0.4, -0.2) is 39.8 Å². The first kappa shape index (κ1) is 15.0. The molecule has 1 aliphatic rings. The molecule has 1 fully saturated rings. The molecule has 1 atom stereocenters. The van der Waals surface area contributed by atoms with Crippen LogP contribution in [0.2, 0.25) is 0 Å². The Balaban J connectivity index is 2.12. The zero-order valence-corrected chi connectivity index (χ0v) is 13.2. The second kappa shape index (κ2) is 5.52. The molecule has 20 heavy (non-hydrogen) atoms. The number of hydrogen-bond acceptors (Lipinski definition) is 4. The minimum absolute atomic E-state index is 0.0177. The summed E-state index contributed by atoms with van der Waals surface area (Å²) >= 11 is 1.60. The van der Waals surface area contributed by atoms with Crippen LogP contribution in [0.3, 0.4) is 0 Å². The lowest BCUT2D eigenvalue weighted by Crippen LogP contribution is -2.68. The van der Waals surface area contributed by atoms with Gasteiger partial charge in [0.05, 0.1) is 10.7 Å². The van der Waals surface area contributed by atoms with Crippen LogP contribution in [0.15, 0.2) is 5.38 Å². The third-order valence-electron chi connectivity index (χ3n) is 3.57. The van der Waals surface area contributed by atoms with Crippen molar-refractivity contribution >= 4 is 23.2 Å². The van der Waals surface area contributed by atoms with Crippen LogP contribution >= 0.6 is 11.3 Å². The number of thiazole rings is 1. The van der Waals surface area contributed by atoms with Crippen molar-refractivity contribution in [3.8, 4) is 0 Å². The van der Waals surface area contributed by atoms with Crippen molar-refractivity contribution in [1.29, 1.82) is 0 Å². The number of amides is 2. The first-order chi connectivity index (χ1) is 9.35. The Bertz CT molecular complexity index is 524. The highest BCUT2D eigenvalue weighted by molar-refractivity contribution is 7.09. The lowest BCUT2D eigenvalue weighted by atomic mass is 9.95. The van der Waals surface area contributed by atoms with E-state index in [2.05, 4.69) is 10.3 Å². The molecule has 0 spiro atoms. The maximum Gasteiger partial charge on any atom is 0.248 e. The molecule has 1 unspecified atom stereocenters. The summed E-state index contributed by atoms with van der Waals surface area (Å²) in [6.07, 6.45) is 1.32. The summed E-state index contributed by atoms with van der Waals surface area (Å²) in [5.41, 5.74) is 0.166. The van der Waals surface area contributed by atoms with E-state index in [0.717, 1.165) is 10.7 Å². The molecule has 1 saturated heterocycles. The van der Waals surface area contributed by atoms with Crippen molar-refractivity contribution in [2.45, 2.75) is 52.1 Å². The molecule has 2 amide bonds. The van der Waals surface area contributed by atoms with Crippen LogP contribution in [-0.2, 0) is 16.0 Å². The zero-order valence-electron chi connectivity index (χ0n) is 12.4. The highest BCUT2D eigenvalue weighted by atomic mass is 32.1. The third-order valence-corrected chi connectivity index (χ3v) is 4.39. The first-order valence-corrected chi connectivity index (χ1v) is 7.77. The number of nitrogens with one attached hydrogen (secondary N) is 1. The van der Waals surface area contributed by atoms with E-state index in [-0.39, 0.29) is 17.9 Å². The molecule has 2 rings (SSSR count). The van der Waals surface area contributed by atoms with Crippen LogP contribution in [0.5, 0.6) is 0 Å². The lowest BCUT2D eigenvalue weighted by Gasteiger charge is -2.42. The normalized spacial score (nSPS) is 22.0. The number of carbonyl (C=O) groups is 2. The predicted molar refractivity (Wildman–Crippen MR) is 78.6 cm³/mol. The Labute approximate surface area is 123 Å². The topological polar surface area (TPSA) is 62.3 Å². The Hall–Kier alpha value is -1.43. The fourth-order valence-electron chi connectivity index (χ4n) is 2.51. The smallest absolute Gasteiger partial charge is 0.248 e. The van der Waals surface area contributed by atoms with Crippen molar-refractivity contribution in [3.63, 3.8) is 0 Å². The van der Waals surface area contributed by atoms with Gasteiger partial charge in [-0.3, -0.25) is 9.59 Å². The van der Waals surface area contributed by atoms with Gasteiger partial charge >= 0.3 is 0 Å². The van der Waals surface area contributed by atoms with Gasteiger partial charge < -0.3 is 10.2 Å². The van der Waals surface area contributed by atoms with Crippen molar-refractivity contribution in [2.75, 3.05) is 6.54 Å². The number of rotatable bonds is 4. The molecule has 2 heterocycles. The van der Waals surface area contributed by atoms with E-state index >= 15 is 0 Å². The van der Waals surface area contributed by atoms with E-state index < -0.39 is 5.54 Å². The average Bonchev–Trinajstić information content (AvgIpc) is 2.77. The molecule has 0 bridgehead atoms. The zero-order chi connectivity index (χ0) is 14.9. The summed E-state index contributed by atoms with van der Waals surface area (Å²) in [6, 6.07) is -0.366. The summed E-state index contributed by atoms with van der Waals surface area (Å²) in [5.74, 6) is -0.0811. The fourth-order valence-corrected chi connectivity index (χ4v) is 3.16. The van der Waals surface area contributed by atoms with Crippen LogP contribution in [0, 0.1) is 6.92 Å². The molecule has 0 saturated carbocycles. The monoisotopic (exact) mass is 295 g/mol. The third kappa shape index (κ3) is 2.85. The van der Waals surface area contributed by atoms with E-state index in [1.165, 1.54) is 0 Å². The minimum atomic E-state index is -0.819. The minimum Gasteiger partial charge on any atom is -0.340 e. The van der Waals surface area contributed by atoms with Gasteiger partial charge in [0.2, 0.25) is 11.8 Å². The van der Waals surface area contributed by atoms with Gasteiger partial charge in [-0.15, -0.1) is 11.3 Å². The molecule has 6 heteroatoms. The number of carbonyl (C=O) groups excluding carboxylic acids is 2. The Kier molecular flexibility index (Phi) is 4.13. The molecule has 0 radical (unpaired) electrons. The second-order valence-corrected chi connectivity index (χ2v) is 6.71. The maximum absolute atomic E-state index is 12.5. The summed E-state index contributed by atoms with van der Waals surface area (Å²) in [5, 5.41) is 5.83. The van der Waals surface area contributed by atoms with Gasteiger partial charge in [-0.2, -0.15) is 0 Å². The molecule has 0 aromatic carbocycles. The molecule has 5 nitrogen and oxygen atoms in total. The van der Waals surface area contributed by atoms with Crippen molar-refractivity contribution in [1.82, 2.24) is 15.2 Å². The van der Waals surface area contributed by atoms with Gasteiger partial charge in [0.15, 0.2) is 0 Å². The summed E-state index contributed by atoms with van der Waals surface area (Å²) in [7, 11) is 0. The molecule has 0 aliphatic carbocycles. The van der Waals surface area contributed by atoms with E-state index in [9.17, 15) is 9.59 Å². The van der Waals surface area contributed by atoms with Crippen molar-refractivity contribution in [3.05, 3.63) is 16.1 Å². The maximum atomic E-state index is 12.5. The van der Waals surface area contributed by atoms with Gasteiger partial charge in [0.25, 0.3) is 0 Å². The van der Waals surface area contributed by atoms with E-state index in [1.54, 1.807) is 30.1 Å². The highest BCUT2D eigenvalue weighted by Gasteiger charge is 2.44. The number of hydrogen-bond donors (Lipinski definition) is 1. The molecular formula is C14H21N3O2S. The average molecular weight is 295 g/mol. The molecule has 1 aliphatic heterocycles. The van der Waals surface area contributed by atoms with Gasteiger partial charge in [0.1, 0.15) is 11.6 Å². The Morgan fingerprint density at radius 3 is 2.70 bits per heavy atom. The van der Waals surface area contributed by atoms with Crippen LogP contribution in [0.25, 0.3) is 0 Å². The Morgan fingerprint density at radius 2 is 2.15 bits per heavy atom. The molecule has 1 aromatic heterocycles. The predicted octanol–water partition coefficient (Wildman–Crippen LogP) is 1.51. The largest absolute Gasteiger partial charge is 0.340 e. The van der Waals surface area contributed by atoms with Crippen LogP contribution in [0.4, 0.5) is 0 Å². The molecular weight excluding hydrogens is 274 g/mol. The number of aryl methyl sites for hydroxylation is 1. The van der Waals surface area contributed by atoms with Crippen molar-refractivity contribution in [2.24, 2.45) is 0 Å². The summed E-state index contributed by atoms with van der Waals surface area (Å²) in [4.78, 5) is 30.7. The SMILES string of the molecule is CCC1C(=O)NC(C)(C)C(=O)N1CCc1csc(C)n1. The van der Waals surface area contributed by atoms with Gasteiger partial charge in [0, 0.05) is 18.3 Å². The summed E-state index contributed by atoms with van der Waals surface area (Å²) < 4.78 is 0. The number of aromatic nitrogens is 1. The molecule has 1 N–H and O–H groups in total.